The van der Waals surface area contributed by atoms with Gasteiger partial charge in [0.25, 0.3) is 0 Å². The van der Waals surface area contributed by atoms with Gasteiger partial charge in [0.1, 0.15) is 6.07 Å². The SMILES string of the molecule is CCC(=N)OC(C)(C)C#N. The maximum absolute atomic E-state index is 8.47. The van der Waals surface area contributed by atoms with Gasteiger partial charge in [-0.2, -0.15) is 5.26 Å². The molecule has 0 spiro atoms. The largest absolute Gasteiger partial charge is 0.460 e. The summed E-state index contributed by atoms with van der Waals surface area (Å²) >= 11 is 0. The molecule has 0 fully saturated rings. The minimum absolute atomic E-state index is 0.159. The molecule has 10 heavy (non-hydrogen) atoms. The predicted octanol–water partition coefficient (Wildman–Crippen LogP) is 1.69. The van der Waals surface area contributed by atoms with E-state index in [0.29, 0.717) is 6.42 Å². The van der Waals surface area contributed by atoms with Gasteiger partial charge in [-0.15, -0.1) is 0 Å². The molecule has 0 heterocycles. The summed E-state index contributed by atoms with van der Waals surface area (Å²) in [5.74, 6) is 0.159. The van der Waals surface area contributed by atoms with Crippen molar-refractivity contribution in [1.29, 1.82) is 10.7 Å². The smallest absolute Gasteiger partial charge is 0.190 e. The molecule has 0 aliphatic heterocycles. The normalized spacial score (nSPS) is 10.2. The lowest BCUT2D eigenvalue weighted by molar-refractivity contribution is 0.149. The van der Waals surface area contributed by atoms with E-state index in [1.165, 1.54) is 0 Å². The van der Waals surface area contributed by atoms with E-state index < -0.39 is 5.60 Å². The lowest BCUT2D eigenvalue weighted by atomic mass is 10.2. The molecular weight excluding hydrogens is 128 g/mol. The van der Waals surface area contributed by atoms with Crippen LogP contribution in [0, 0.1) is 16.7 Å². The monoisotopic (exact) mass is 140 g/mol. The number of hydrogen-bond donors (Lipinski definition) is 1. The molecule has 56 valence electrons. The molecule has 0 rings (SSSR count). The fourth-order valence-electron chi connectivity index (χ4n) is 0.403. The van der Waals surface area contributed by atoms with Crippen molar-refractivity contribution in [2.24, 2.45) is 0 Å². The predicted molar refractivity (Wildman–Crippen MR) is 38.8 cm³/mol. The summed E-state index contributed by atoms with van der Waals surface area (Å²) in [5, 5.41) is 15.6. The number of hydrogen-bond acceptors (Lipinski definition) is 3. The van der Waals surface area contributed by atoms with Crippen molar-refractivity contribution in [2.75, 3.05) is 0 Å². The molecule has 3 heteroatoms. The van der Waals surface area contributed by atoms with E-state index >= 15 is 0 Å². The zero-order valence-electron chi connectivity index (χ0n) is 6.56. The fraction of sp³-hybridized carbons (Fsp3) is 0.714. The van der Waals surface area contributed by atoms with Crippen molar-refractivity contribution in [2.45, 2.75) is 32.8 Å². The second-order valence-electron chi connectivity index (χ2n) is 2.50. The maximum atomic E-state index is 8.47. The Balaban J connectivity index is 3.92. The zero-order valence-corrected chi connectivity index (χ0v) is 6.56. The quantitative estimate of drug-likeness (QED) is 0.468. The first kappa shape index (κ1) is 8.96. The Morgan fingerprint density at radius 1 is 1.70 bits per heavy atom. The van der Waals surface area contributed by atoms with Crippen LogP contribution in [0.3, 0.4) is 0 Å². The van der Waals surface area contributed by atoms with Crippen LogP contribution in [0.5, 0.6) is 0 Å². The third-order valence-corrected chi connectivity index (χ3v) is 0.969. The fourth-order valence-corrected chi connectivity index (χ4v) is 0.403. The first-order valence-corrected chi connectivity index (χ1v) is 3.19. The minimum atomic E-state index is -0.854. The van der Waals surface area contributed by atoms with E-state index in [9.17, 15) is 0 Å². The van der Waals surface area contributed by atoms with Crippen molar-refractivity contribution < 1.29 is 4.74 Å². The van der Waals surface area contributed by atoms with Crippen LogP contribution < -0.4 is 0 Å². The maximum Gasteiger partial charge on any atom is 0.190 e. The van der Waals surface area contributed by atoms with Crippen LogP contribution in [0.2, 0.25) is 0 Å². The van der Waals surface area contributed by atoms with E-state index in [1.807, 2.05) is 13.0 Å². The van der Waals surface area contributed by atoms with Gasteiger partial charge >= 0.3 is 0 Å². The van der Waals surface area contributed by atoms with Gasteiger partial charge in [0.05, 0.1) is 0 Å². The van der Waals surface area contributed by atoms with Gasteiger partial charge in [0.2, 0.25) is 0 Å². The molecular formula is C7H12N2O. The Bertz CT molecular complexity index is 167. The summed E-state index contributed by atoms with van der Waals surface area (Å²) in [6, 6.07) is 1.94. The highest BCUT2D eigenvalue weighted by Crippen LogP contribution is 2.07. The van der Waals surface area contributed by atoms with Crippen LogP contribution in [0.1, 0.15) is 27.2 Å². The number of ether oxygens (including phenoxy) is 1. The van der Waals surface area contributed by atoms with Crippen molar-refractivity contribution in [3.8, 4) is 6.07 Å². The lowest BCUT2D eigenvalue weighted by Gasteiger charge is -2.17. The van der Waals surface area contributed by atoms with E-state index in [4.69, 9.17) is 15.4 Å². The Kier molecular flexibility index (Phi) is 2.88. The molecule has 0 aliphatic carbocycles. The molecule has 0 radical (unpaired) electrons. The van der Waals surface area contributed by atoms with Crippen LogP contribution in [0.4, 0.5) is 0 Å². The second kappa shape index (κ2) is 3.21. The van der Waals surface area contributed by atoms with Crippen molar-refractivity contribution in [3.05, 3.63) is 0 Å². The molecule has 0 amide bonds. The summed E-state index contributed by atoms with van der Waals surface area (Å²) in [5.41, 5.74) is -0.854. The number of nitrogens with zero attached hydrogens (tertiary/aromatic N) is 1. The minimum Gasteiger partial charge on any atom is -0.460 e. The molecule has 1 N–H and O–H groups in total. The molecule has 0 aliphatic rings. The topological polar surface area (TPSA) is 56.9 Å². The van der Waals surface area contributed by atoms with E-state index in [0.717, 1.165) is 0 Å². The van der Waals surface area contributed by atoms with E-state index in [-0.39, 0.29) is 5.90 Å². The molecule has 0 aromatic heterocycles. The molecule has 0 saturated heterocycles. The molecule has 0 bridgehead atoms. The number of nitrogens with one attached hydrogen (secondary N) is 1. The first-order valence-electron chi connectivity index (χ1n) is 3.19. The Morgan fingerprint density at radius 3 is 2.50 bits per heavy atom. The highest BCUT2D eigenvalue weighted by molar-refractivity contribution is 5.72. The molecule has 0 saturated carbocycles. The van der Waals surface area contributed by atoms with Crippen LogP contribution in [0.25, 0.3) is 0 Å². The van der Waals surface area contributed by atoms with Crippen molar-refractivity contribution in [3.63, 3.8) is 0 Å². The summed E-state index contributed by atoms with van der Waals surface area (Å²) in [6.07, 6.45) is 0.533. The van der Waals surface area contributed by atoms with Gasteiger partial charge in [-0.05, 0) is 13.8 Å². The van der Waals surface area contributed by atoms with Crippen LogP contribution in [-0.4, -0.2) is 11.5 Å². The van der Waals surface area contributed by atoms with E-state index in [2.05, 4.69) is 0 Å². The van der Waals surface area contributed by atoms with Gasteiger partial charge in [0.15, 0.2) is 11.5 Å². The van der Waals surface area contributed by atoms with Gasteiger partial charge in [-0.3, -0.25) is 5.41 Å². The Morgan fingerprint density at radius 2 is 2.20 bits per heavy atom. The highest BCUT2D eigenvalue weighted by atomic mass is 16.5. The molecule has 0 atom stereocenters. The summed E-state index contributed by atoms with van der Waals surface area (Å²) in [7, 11) is 0. The zero-order chi connectivity index (χ0) is 8.20. The average Bonchev–Trinajstić information content (AvgIpc) is 1.87. The summed E-state index contributed by atoms with van der Waals surface area (Å²) in [4.78, 5) is 0. The van der Waals surface area contributed by atoms with Crippen LogP contribution >= 0.6 is 0 Å². The third kappa shape index (κ3) is 3.08. The van der Waals surface area contributed by atoms with Crippen molar-refractivity contribution in [1.82, 2.24) is 0 Å². The van der Waals surface area contributed by atoms with Gasteiger partial charge in [0, 0.05) is 6.42 Å². The lowest BCUT2D eigenvalue weighted by Crippen LogP contribution is -2.24. The van der Waals surface area contributed by atoms with Crippen molar-refractivity contribution >= 4 is 5.90 Å². The van der Waals surface area contributed by atoms with Crippen LogP contribution in [0.15, 0.2) is 0 Å². The van der Waals surface area contributed by atoms with Gasteiger partial charge in [-0.25, -0.2) is 0 Å². The summed E-state index contributed by atoms with van der Waals surface area (Å²) < 4.78 is 4.96. The third-order valence-electron chi connectivity index (χ3n) is 0.969. The van der Waals surface area contributed by atoms with Crippen LogP contribution in [-0.2, 0) is 4.74 Å². The second-order valence-corrected chi connectivity index (χ2v) is 2.50. The summed E-state index contributed by atoms with van der Waals surface area (Å²) in [6.45, 7) is 5.09. The van der Waals surface area contributed by atoms with E-state index in [1.54, 1.807) is 13.8 Å². The highest BCUT2D eigenvalue weighted by Gasteiger charge is 2.18. The number of nitriles is 1. The standard InChI is InChI=1S/C7H12N2O/c1-4-6(9)10-7(2,3)5-8/h9H,4H2,1-3H3. The number of rotatable bonds is 2. The molecule has 0 aromatic carbocycles. The van der Waals surface area contributed by atoms with Gasteiger partial charge in [-0.1, -0.05) is 6.92 Å². The Hall–Kier alpha value is -1.04. The van der Waals surface area contributed by atoms with Gasteiger partial charge < -0.3 is 4.74 Å². The molecule has 0 unspecified atom stereocenters. The molecule has 0 aromatic rings. The average molecular weight is 140 g/mol. The molecule has 3 nitrogen and oxygen atoms in total. The first-order chi connectivity index (χ1) is 4.52. The Labute approximate surface area is 61.1 Å².